The zero-order valence-electron chi connectivity index (χ0n) is 10.3. The Hall–Kier alpha value is -1.01. The molecule has 0 bridgehead atoms. The molecule has 1 saturated heterocycles. The number of piperidine rings is 1. The third kappa shape index (κ3) is 2.63. The van der Waals surface area contributed by atoms with Gasteiger partial charge in [0.2, 0.25) is 0 Å². The van der Waals surface area contributed by atoms with Gasteiger partial charge in [0.15, 0.2) is 0 Å². The lowest BCUT2D eigenvalue weighted by Crippen LogP contribution is -2.40. The molecular formula is C14H17BrN2. The molecule has 3 heteroatoms. The van der Waals surface area contributed by atoms with Crippen LogP contribution in [-0.2, 0) is 0 Å². The van der Waals surface area contributed by atoms with Gasteiger partial charge in [-0.05, 0) is 59.8 Å². The fourth-order valence-electron chi connectivity index (χ4n) is 2.56. The van der Waals surface area contributed by atoms with Crippen LogP contribution in [0.4, 0.5) is 5.69 Å². The van der Waals surface area contributed by atoms with E-state index in [4.69, 9.17) is 5.26 Å². The maximum absolute atomic E-state index is 8.91. The fraction of sp³-hybridized carbons (Fsp3) is 0.500. The molecule has 2 nitrogen and oxygen atoms in total. The van der Waals surface area contributed by atoms with E-state index in [9.17, 15) is 0 Å². The minimum absolute atomic E-state index is 0.582. The van der Waals surface area contributed by atoms with Crippen LogP contribution in [0.25, 0.3) is 0 Å². The lowest BCUT2D eigenvalue weighted by Gasteiger charge is -2.38. The van der Waals surface area contributed by atoms with E-state index in [1.807, 2.05) is 6.07 Å². The second kappa shape index (κ2) is 5.10. The minimum Gasteiger partial charge on any atom is -0.369 e. The molecule has 1 fully saturated rings. The van der Waals surface area contributed by atoms with Crippen molar-refractivity contribution < 1.29 is 0 Å². The summed E-state index contributed by atoms with van der Waals surface area (Å²) < 4.78 is 0.892. The van der Waals surface area contributed by atoms with Crippen LogP contribution in [0, 0.1) is 17.2 Å². The van der Waals surface area contributed by atoms with Crippen molar-refractivity contribution in [3.05, 3.63) is 28.2 Å². The quantitative estimate of drug-likeness (QED) is 0.784. The van der Waals surface area contributed by atoms with E-state index in [2.05, 4.69) is 52.9 Å². The van der Waals surface area contributed by atoms with Crippen LogP contribution in [0.3, 0.4) is 0 Å². The normalized spacial score (nSPS) is 24.5. The van der Waals surface area contributed by atoms with Gasteiger partial charge in [-0.15, -0.1) is 0 Å². The van der Waals surface area contributed by atoms with Gasteiger partial charge in [0.1, 0.15) is 6.07 Å². The fourth-order valence-corrected chi connectivity index (χ4v) is 3.02. The molecule has 2 unspecified atom stereocenters. The average molecular weight is 293 g/mol. The first-order valence-electron chi connectivity index (χ1n) is 6.08. The van der Waals surface area contributed by atoms with E-state index in [-0.39, 0.29) is 0 Å². The highest BCUT2D eigenvalue weighted by Crippen LogP contribution is 2.30. The molecule has 17 heavy (non-hydrogen) atoms. The van der Waals surface area contributed by atoms with Crippen molar-refractivity contribution in [1.82, 2.24) is 0 Å². The Labute approximate surface area is 111 Å². The molecule has 90 valence electrons. The minimum atomic E-state index is 0.582. The second-order valence-corrected chi connectivity index (χ2v) is 5.80. The third-order valence-electron chi connectivity index (χ3n) is 3.54. The molecule has 0 saturated carbocycles. The topological polar surface area (TPSA) is 27.0 Å². The summed E-state index contributed by atoms with van der Waals surface area (Å²) in [6.45, 7) is 5.71. The summed E-state index contributed by atoms with van der Waals surface area (Å²) in [6.07, 6.45) is 2.50. The average Bonchev–Trinajstić information content (AvgIpc) is 2.29. The van der Waals surface area contributed by atoms with E-state index >= 15 is 0 Å². The molecule has 2 rings (SSSR count). The van der Waals surface area contributed by atoms with E-state index in [1.165, 1.54) is 18.5 Å². The maximum Gasteiger partial charge on any atom is 0.100 e. The molecule has 1 aromatic rings. The summed E-state index contributed by atoms with van der Waals surface area (Å²) in [7, 11) is 0. The van der Waals surface area contributed by atoms with E-state index in [0.29, 0.717) is 11.6 Å². The monoisotopic (exact) mass is 292 g/mol. The summed E-state index contributed by atoms with van der Waals surface area (Å²) in [6, 6.07) is 8.77. The standard InChI is InChI=1S/C14H17BrN2/c1-10-5-6-17(11(2)7-10)13-4-3-12(9-16)14(15)8-13/h3-4,8,10-11H,5-7H2,1-2H3. The molecule has 1 aliphatic rings. The zero-order valence-corrected chi connectivity index (χ0v) is 11.9. The number of nitrogens with zero attached hydrogens (tertiary/aromatic N) is 2. The van der Waals surface area contributed by atoms with Gasteiger partial charge >= 0.3 is 0 Å². The highest BCUT2D eigenvalue weighted by atomic mass is 79.9. The lowest BCUT2D eigenvalue weighted by atomic mass is 9.93. The first-order valence-corrected chi connectivity index (χ1v) is 6.87. The largest absolute Gasteiger partial charge is 0.369 e. The molecule has 0 radical (unpaired) electrons. The van der Waals surface area contributed by atoms with Gasteiger partial charge in [-0.3, -0.25) is 0 Å². The Morgan fingerprint density at radius 3 is 2.76 bits per heavy atom. The van der Waals surface area contributed by atoms with Crippen molar-refractivity contribution in [1.29, 1.82) is 5.26 Å². The molecule has 0 spiro atoms. The van der Waals surface area contributed by atoms with E-state index < -0.39 is 0 Å². The van der Waals surface area contributed by atoms with Crippen molar-refractivity contribution in [3.8, 4) is 6.07 Å². The van der Waals surface area contributed by atoms with Crippen molar-refractivity contribution in [2.75, 3.05) is 11.4 Å². The maximum atomic E-state index is 8.91. The van der Waals surface area contributed by atoms with Crippen molar-refractivity contribution in [3.63, 3.8) is 0 Å². The second-order valence-electron chi connectivity index (χ2n) is 4.95. The number of nitriles is 1. The number of hydrogen-bond donors (Lipinski definition) is 0. The molecular weight excluding hydrogens is 276 g/mol. The number of rotatable bonds is 1. The number of benzene rings is 1. The lowest BCUT2D eigenvalue weighted by molar-refractivity contribution is 0.378. The molecule has 0 aromatic heterocycles. The molecule has 1 aliphatic heterocycles. The van der Waals surface area contributed by atoms with Crippen LogP contribution in [0.15, 0.2) is 22.7 Å². The van der Waals surface area contributed by atoms with Crippen LogP contribution in [-0.4, -0.2) is 12.6 Å². The molecule has 2 atom stereocenters. The first kappa shape index (κ1) is 12.4. The summed E-state index contributed by atoms with van der Waals surface area (Å²) >= 11 is 3.46. The number of anilines is 1. The number of halogens is 1. The first-order chi connectivity index (χ1) is 8.11. The third-order valence-corrected chi connectivity index (χ3v) is 4.20. The Morgan fingerprint density at radius 1 is 1.41 bits per heavy atom. The highest BCUT2D eigenvalue weighted by Gasteiger charge is 2.23. The molecule has 0 amide bonds. The van der Waals surface area contributed by atoms with Crippen LogP contribution in [0.1, 0.15) is 32.3 Å². The van der Waals surface area contributed by atoms with Crippen LogP contribution in [0.2, 0.25) is 0 Å². The van der Waals surface area contributed by atoms with Crippen LogP contribution in [0.5, 0.6) is 0 Å². The predicted molar refractivity (Wildman–Crippen MR) is 74.1 cm³/mol. The number of hydrogen-bond acceptors (Lipinski definition) is 2. The predicted octanol–water partition coefficient (Wildman–Crippen LogP) is 3.95. The Morgan fingerprint density at radius 2 is 2.18 bits per heavy atom. The van der Waals surface area contributed by atoms with Crippen LogP contribution < -0.4 is 4.90 Å². The summed E-state index contributed by atoms with van der Waals surface area (Å²) in [4.78, 5) is 2.44. The Kier molecular flexibility index (Phi) is 3.73. The van der Waals surface area contributed by atoms with Gasteiger partial charge in [-0.25, -0.2) is 0 Å². The smallest absolute Gasteiger partial charge is 0.100 e. The SMILES string of the molecule is CC1CCN(c2ccc(C#N)c(Br)c2)C(C)C1. The van der Waals surface area contributed by atoms with Gasteiger partial charge in [0, 0.05) is 22.7 Å². The summed E-state index contributed by atoms with van der Waals surface area (Å²) in [5.41, 5.74) is 1.92. The van der Waals surface area contributed by atoms with Crippen molar-refractivity contribution in [2.45, 2.75) is 32.7 Å². The molecule has 1 aromatic carbocycles. The van der Waals surface area contributed by atoms with Gasteiger partial charge in [0.25, 0.3) is 0 Å². The van der Waals surface area contributed by atoms with E-state index in [0.717, 1.165) is 16.9 Å². The Bertz CT molecular complexity index is 450. The summed E-state index contributed by atoms with van der Waals surface area (Å²) in [5.74, 6) is 0.822. The molecule has 0 aliphatic carbocycles. The zero-order chi connectivity index (χ0) is 12.4. The van der Waals surface area contributed by atoms with Gasteiger partial charge in [0.05, 0.1) is 5.56 Å². The summed E-state index contributed by atoms with van der Waals surface area (Å²) in [5, 5.41) is 8.91. The highest BCUT2D eigenvalue weighted by molar-refractivity contribution is 9.10. The van der Waals surface area contributed by atoms with Crippen molar-refractivity contribution >= 4 is 21.6 Å². The van der Waals surface area contributed by atoms with Crippen LogP contribution >= 0.6 is 15.9 Å². The Balaban J connectivity index is 2.23. The van der Waals surface area contributed by atoms with E-state index in [1.54, 1.807) is 0 Å². The molecule has 0 N–H and O–H groups in total. The molecule has 1 heterocycles. The van der Waals surface area contributed by atoms with Gasteiger partial charge in [-0.2, -0.15) is 5.26 Å². The van der Waals surface area contributed by atoms with Gasteiger partial charge in [-0.1, -0.05) is 6.92 Å². The van der Waals surface area contributed by atoms with Gasteiger partial charge < -0.3 is 4.90 Å². The van der Waals surface area contributed by atoms with Crippen molar-refractivity contribution in [2.24, 2.45) is 5.92 Å².